The first-order chi connectivity index (χ1) is 10.7. The number of thioether (sulfide) groups is 1. The number of hydrogen-bond acceptors (Lipinski definition) is 9. The van der Waals surface area contributed by atoms with Crippen molar-refractivity contribution in [3.8, 4) is 11.6 Å². The van der Waals surface area contributed by atoms with E-state index in [1.54, 1.807) is 18.3 Å². The summed E-state index contributed by atoms with van der Waals surface area (Å²) in [4.78, 5) is 15.9. The van der Waals surface area contributed by atoms with E-state index in [4.69, 9.17) is 4.42 Å². The molecular formula is C12H10N6O2S2. The first-order valence-corrected chi connectivity index (χ1v) is 7.98. The molecule has 0 saturated carbocycles. The molecule has 1 amide bonds. The number of rotatable bonds is 5. The third-order valence-corrected chi connectivity index (χ3v) is 3.96. The van der Waals surface area contributed by atoms with Crippen molar-refractivity contribution in [3.63, 3.8) is 0 Å². The molecule has 3 aromatic heterocycles. The second-order valence-corrected chi connectivity index (χ2v) is 6.16. The number of pyridine rings is 1. The van der Waals surface area contributed by atoms with Crippen LogP contribution in [0.15, 0.2) is 34.0 Å². The van der Waals surface area contributed by atoms with E-state index in [-0.39, 0.29) is 11.7 Å². The number of nitrogens with one attached hydrogen (secondary N) is 1. The highest BCUT2D eigenvalue weighted by atomic mass is 32.2. The second kappa shape index (κ2) is 6.62. The molecule has 8 nitrogen and oxygen atoms in total. The van der Waals surface area contributed by atoms with Gasteiger partial charge in [0.05, 0.1) is 5.75 Å². The molecule has 0 atom stereocenters. The number of nitrogens with zero attached hydrogens (tertiary/aromatic N) is 5. The molecule has 3 rings (SSSR count). The molecular weight excluding hydrogens is 324 g/mol. The molecule has 3 aromatic rings. The van der Waals surface area contributed by atoms with E-state index >= 15 is 0 Å². The maximum atomic E-state index is 11.8. The lowest BCUT2D eigenvalue weighted by atomic mass is 10.3. The first-order valence-electron chi connectivity index (χ1n) is 6.18. The predicted molar refractivity (Wildman–Crippen MR) is 81.5 cm³/mol. The molecule has 0 aliphatic carbocycles. The number of carbonyl (C=O) groups is 1. The summed E-state index contributed by atoms with van der Waals surface area (Å²) in [6.07, 6.45) is 1.64. The maximum absolute atomic E-state index is 11.8. The van der Waals surface area contributed by atoms with Gasteiger partial charge in [-0.25, -0.2) is 0 Å². The summed E-state index contributed by atoms with van der Waals surface area (Å²) in [6.45, 7) is 1.82. The van der Waals surface area contributed by atoms with E-state index in [1.807, 2.05) is 13.0 Å². The lowest BCUT2D eigenvalue weighted by Crippen LogP contribution is -2.13. The number of aryl methyl sites for hydroxylation is 1. The highest BCUT2D eigenvalue weighted by molar-refractivity contribution is 7.99. The summed E-state index contributed by atoms with van der Waals surface area (Å²) >= 11 is 2.46. The lowest BCUT2D eigenvalue weighted by Gasteiger charge is -1.97. The van der Waals surface area contributed by atoms with Crippen molar-refractivity contribution in [1.29, 1.82) is 0 Å². The van der Waals surface area contributed by atoms with E-state index in [0.717, 1.165) is 16.8 Å². The zero-order valence-electron chi connectivity index (χ0n) is 11.4. The van der Waals surface area contributed by atoms with Gasteiger partial charge in [-0.1, -0.05) is 29.2 Å². The minimum Gasteiger partial charge on any atom is -0.410 e. The Kier molecular flexibility index (Phi) is 4.39. The number of aromatic nitrogens is 5. The molecule has 0 fully saturated rings. The summed E-state index contributed by atoms with van der Waals surface area (Å²) in [7, 11) is 0. The van der Waals surface area contributed by atoms with Crippen molar-refractivity contribution >= 4 is 34.1 Å². The van der Waals surface area contributed by atoms with Gasteiger partial charge in [0, 0.05) is 6.20 Å². The van der Waals surface area contributed by atoms with Crippen LogP contribution < -0.4 is 5.32 Å². The molecule has 0 bridgehead atoms. The number of amides is 1. The summed E-state index contributed by atoms with van der Waals surface area (Å²) in [5.74, 6) is 0.254. The Hall–Kier alpha value is -2.33. The topological polar surface area (TPSA) is 107 Å². The van der Waals surface area contributed by atoms with Crippen LogP contribution in [0.3, 0.4) is 0 Å². The van der Waals surface area contributed by atoms with E-state index in [9.17, 15) is 4.79 Å². The SMILES string of the molecule is Cc1nnc(NC(=O)CSc2nnc(-c3ccccn3)o2)s1. The molecule has 0 radical (unpaired) electrons. The summed E-state index contributed by atoms with van der Waals surface area (Å²) in [6, 6.07) is 5.40. The number of anilines is 1. The van der Waals surface area contributed by atoms with Crippen LogP contribution in [0.1, 0.15) is 5.01 Å². The fourth-order valence-corrected chi connectivity index (χ4v) is 2.66. The molecule has 112 valence electrons. The normalized spacial score (nSPS) is 10.6. The summed E-state index contributed by atoms with van der Waals surface area (Å²) in [5.41, 5.74) is 0.593. The van der Waals surface area contributed by atoms with Crippen molar-refractivity contribution in [1.82, 2.24) is 25.4 Å². The minimum absolute atomic E-state index is 0.141. The fourth-order valence-electron chi connectivity index (χ4n) is 1.49. The fraction of sp³-hybridized carbons (Fsp3) is 0.167. The van der Waals surface area contributed by atoms with Crippen LogP contribution in [0.25, 0.3) is 11.6 Å². The quantitative estimate of drug-likeness (QED) is 0.706. The Balaban J connectivity index is 1.56. The summed E-state index contributed by atoms with van der Waals surface area (Å²) < 4.78 is 5.45. The largest absolute Gasteiger partial charge is 0.410 e. The zero-order chi connectivity index (χ0) is 15.4. The third-order valence-electron chi connectivity index (χ3n) is 2.39. The average Bonchev–Trinajstić information content (AvgIpc) is 3.15. The van der Waals surface area contributed by atoms with Crippen LogP contribution >= 0.6 is 23.1 Å². The average molecular weight is 334 g/mol. The molecule has 0 aliphatic rings. The van der Waals surface area contributed by atoms with Gasteiger partial charge in [-0.2, -0.15) is 0 Å². The number of hydrogen-bond donors (Lipinski definition) is 1. The zero-order valence-corrected chi connectivity index (χ0v) is 13.0. The second-order valence-electron chi connectivity index (χ2n) is 4.05. The highest BCUT2D eigenvalue weighted by Crippen LogP contribution is 2.22. The van der Waals surface area contributed by atoms with Gasteiger partial charge in [0.2, 0.25) is 11.0 Å². The maximum Gasteiger partial charge on any atom is 0.277 e. The van der Waals surface area contributed by atoms with Crippen molar-refractivity contribution in [2.45, 2.75) is 12.1 Å². The van der Waals surface area contributed by atoms with Crippen LogP contribution in [-0.2, 0) is 4.79 Å². The van der Waals surface area contributed by atoms with Gasteiger partial charge in [0.25, 0.3) is 11.1 Å². The molecule has 0 unspecified atom stereocenters. The van der Waals surface area contributed by atoms with Gasteiger partial charge in [-0.3, -0.25) is 15.1 Å². The Morgan fingerprint density at radius 2 is 2.23 bits per heavy atom. The summed E-state index contributed by atoms with van der Waals surface area (Å²) in [5, 5.41) is 19.7. The van der Waals surface area contributed by atoms with Crippen LogP contribution in [0.2, 0.25) is 0 Å². The van der Waals surface area contributed by atoms with Crippen molar-refractivity contribution in [3.05, 3.63) is 29.4 Å². The Morgan fingerprint density at radius 3 is 2.95 bits per heavy atom. The van der Waals surface area contributed by atoms with Gasteiger partial charge in [-0.15, -0.1) is 20.4 Å². The van der Waals surface area contributed by atoms with Gasteiger partial charge < -0.3 is 4.42 Å². The van der Waals surface area contributed by atoms with Crippen LogP contribution in [-0.4, -0.2) is 37.0 Å². The molecule has 22 heavy (non-hydrogen) atoms. The van der Waals surface area contributed by atoms with E-state index < -0.39 is 0 Å². The smallest absolute Gasteiger partial charge is 0.277 e. The van der Waals surface area contributed by atoms with Crippen LogP contribution in [0, 0.1) is 6.92 Å². The molecule has 0 saturated heterocycles. The van der Waals surface area contributed by atoms with Gasteiger partial charge in [0.15, 0.2) is 0 Å². The molecule has 0 aliphatic heterocycles. The van der Waals surface area contributed by atoms with Crippen LogP contribution in [0.5, 0.6) is 0 Å². The Labute approximate surface area is 133 Å². The van der Waals surface area contributed by atoms with Gasteiger partial charge >= 0.3 is 0 Å². The monoisotopic (exact) mass is 334 g/mol. The molecule has 1 N–H and O–H groups in total. The molecule has 0 spiro atoms. The van der Waals surface area contributed by atoms with E-state index in [2.05, 4.69) is 30.7 Å². The van der Waals surface area contributed by atoms with E-state index in [0.29, 0.717) is 21.9 Å². The third kappa shape index (κ3) is 3.65. The van der Waals surface area contributed by atoms with Crippen LogP contribution in [0.4, 0.5) is 5.13 Å². The number of carbonyl (C=O) groups excluding carboxylic acids is 1. The standard InChI is InChI=1S/C12H10N6O2S2/c1-7-15-17-11(22-7)14-9(19)6-21-12-18-16-10(20-12)8-4-2-3-5-13-8/h2-5H,6H2,1H3,(H,14,17,19). The Bertz CT molecular complexity index is 773. The molecule has 3 heterocycles. The Morgan fingerprint density at radius 1 is 1.32 bits per heavy atom. The first kappa shape index (κ1) is 14.6. The molecule has 0 aromatic carbocycles. The van der Waals surface area contributed by atoms with Crippen molar-refractivity contribution in [2.75, 3.05) is 11.1 Å². The van der Waals surface area contributed by atoms with Gasteiger partial charge in [-0.05, 0) is 19.1 Å². The predicted octanol–water partition coefficient (Wildman–Crippen LogP) is 2.02. The molecule has 10 heteroatoms. The van der Waals surface area contributed by atoms with Crippen molar-refractivity contribution in [2.24, 2.45) is 0 Å². The highest BCUT2D eigenvalue weighted by Gasteiger charge is 2.12. The van der Waals surface area contributed by atoms with E-state index in [1.165, 1.54) is 11.3 Å². The van der Waals surface area contributed by atoms with Gasteiger partial charge in [0.1, 0.15) is 10.7 Å². The van der Waals surface area contributed by atoms with Crippen molar-refractivity contribution < 1.29 is 9.21 Å². The minimum atomic E-state index is -0.210. The lowest BCUT2D eigenvalue weighted by molar-refractivity contribution is -0.113.